The van der Waals surface area contributed by atoms with Crippen molar-refractivity contribution in [3.05, 3.63) is 48.6 Å². The Hall–Kier alpha value is -2.03. The van der Waals surface area contributed by atoms with E-state index < -0.39 is 26.5 Å². The van der Waals surface area contributed by atoms with E-state index in [1.54, 1.807) is 0 Å². The van der Waals surface area contributed by atoms with Crippen LogP contribution >= 0.6 is 7.82 Å². The highest BCUT2D eigenvalue weighted by atomic mass is 31.2. The molecule has 0 aromatic rings. The number of aliphatic hydroxyl groups is 1. The predicted octanol–water partition coefficient (Wildman–Crippen LogP) is 13.5. The normalized spacial score (nSPS) is 13.7. The van der Waals surface area contributed by atoms with Gasteiger partial charge in [0.2, 0.25) is 5.91 Å². The number of nitrogens with one attached hydrogen (secondary N) is 1. The summed E-state index contributed by atoms with van der Waals surface area (Å²) < 4.78 is 26.9. The fraction of sp³-hybridized carbons (Fsp3) is 0.792. The standard InChI is InChI=1S/C48H88NO8P/c1-3-5-7-9-11-13-15-17-19-20-21-22-23-24-25-27-29-31-33-35-37-39-41-48(52)55-44-46(50)45-57-58(53,54)56-43-42-49-47(51)40-38-36-34-32-30-28-26-18-16-14-12-10-8-6-4-2/h6,8,12,14,18,26,30,32,46,50H,3-5,7,9-11,13,15-17,19-25,27-29,31,33-45H2,1-2H3,(H,49,51)(H,53,54)/b8-6-,14-12-,26-18-,32-30-. The smallest absolute Gasteiger partial charge is 0.463 e. The lowest BCUT2D eigenvalue weighted by Gasteiger charge is -2.15. The Balaban J connectivity index is 3.58. The molecule has 0 bridgehead atoms. The van der Waals surface area contributed by atoms with Crippen molar-refractivity contribution in [1.29, 1.82) is 0 Å². The van der Waals surface area contributed by atoms with Crippen LogP contribution in [0.1, 0.15) is 213 Å². The highest BCUT2D eigenvalue weighted by Gasteiger charge is 2.23. The second-order valence-corrected chi connectivity index (χ2v) is 17.2. The van der Waals surface area contributed by atoms with Gasteiger partial charge in [-0.15, -0.1) is 0 Å². The number of phosphoric acid groups is 1. The van der Waals surface area contributed by atoms with E-state index in [1.807, 2.05) is 0 Å². The molecule has 0 aliphatic carbocycles. The van der Waals surface area contributed by atoms with Crippen molar-refractivity contribution in [3.8, 4) is 0 Å². The molecule has 0 saturated heterocycles. The lowest BCUT2D eigenvalue weighted by molar-refractivity contribution is -0.147. The fourth-order valence-electron chi connectivity index (χ4n) is 6.49. The first kappa shape index (κ1) is 56.0. The Morgan fingerprint density at radius 1 is 0.552 bits per heavy atom. The van der Waals surface area contributed by atoms with Gasteiger partial charge >= 0.3 is 13.8 Å². The van der Waals surface area contributed by atoms with Crippen LogP contribution in [0.3, 0.4) is 0 Å². The van der Waals surface area contributed by atoms with E-state index in [2.05, 4.69) is 67.8 Å². The Morgan fingerprint density at radius 3 is 1.47 bits per heavy atom. The van der Waals surface area contributed by atoms with E-state index in [1.165, 1.54) is 122 Å². The largest absolute Gasteiger partial charge is 0.472 e. The first-order valence-electron chi connectivity index (χ1n) is 23.6. The molecule has 0 aliphatic rings. The van der Waals surface area contributed by atoms with Crippen molar-refractivity contribution in [3.63, 3.8) is 0 Å². The molecule has 0 aromatic heterocycles. The molecule has 0 fully saturated rings. The number of aliphatic hydroxyl groups excluding tert-OH is 1. The molecule has 1 amide bonds. The summed E-state index contributed by atoms with van der Waals surface area (Å²) in [6.07, 6.45) is 52.0. The Kier molecular flexibility index (Phi) is 43.0. The van der Waals surface area contributed by atoms with Crippen molar-refractivity contribution >= 4 is 19.7 Å². The quantitative estimate of drug-likeness (QED) is 0.0239. The maximum absolute atomic E-state index is 12.1. The molecular weight excluding hydrogens is 750 g/mol. The van der Waals surface area contributed by atoms with Crippen LogP contribution in [0, 0.1) is 0 Å². The minimum atomic E-state index is -4.43. The summed E-state index contributed by atoms with van der Waals surface area (Å²) >= 11 is 0. The number of rotatable bonds is 44. The molecular formula is C48H88NO8P. The number of esters is 1. The van der Waals surface area contributed by atoms with Crippen molar-refractivity contribution < 1.29 is 37.9 Å². The Morgan fingerprint density at radius 2 is 0.983 bits per heavy atom. The molecule has 0 spiro atoms. The van der Waals surface area contributed by atoms with Gasteiger partial charge in [-0.2, -0.15) is 0 Å². The molecule has 338 valence electrons. The van der Waals surface area contributed by atoms with E-state index in [0.717, 1.165) is 64.2 Å². The maximum Gasteiger partial charge on any atom is 0.472 e. The number of amides is 1. The minimum Gasteiger partial charge on any atom is -0.463 e. The molecule has 2 atom stereocenters. The first-order chi connectivity index (χ1) is 28.3. The van der Waals surface area contributed by atoms with Gasteiger partial charge in [0.15, 0.2) is 0 Å². The molecule has 0 saturated carbocycles. The third-order valence-corrected chi connectivity index (χ3v) is 11.0. The number of hydrogen-bond acceptors (Lipinski definition) is 7. The fourth-order valence-corrected chi connectivity index (χ4v) is 7.25. The van der Waals surface area contributed by atoms with Crippen LogP contribution in [0.4, 0.5) is 0 Å². The van der Waals surface area contributed by atoms with Crippen molar-refractivity contribution in [1.82, 2.24) is 5.32 Å². The van der Waals surface area contributed by atoms with Gasteiger partial charge in [0.1, 0.15) is 12.7 Å². The van der Waals surface area contributed by atoms with E-state index >= 15 is 0 Å². The van der Waals surface area contributed by atoms with Crippen LogP contribution < -0.4 is 5.32 Å². The number of unbranched alkanes of at least 4 members (excludes halogenated alkanes) is 23. The van der Waals surface area contributed by atoms with E-state index in [-0.39, 0.29) is 32.1 Å². The van der Waals surface area contributed by atoms with Crippen LogP contribution in [0.15, 0.2) is 48.6 Å². The van der Waals surface area contributed by atoms with Crippen LogP contribution in [-0.4, -0.2) is 54.3 Å². The molecule has 0 heterocycles. The van der Waals surface area contributed by atoms with Crippen LogP contribution in [-0.2, 0) is 27.9 Å². The minimum absolute atomic E-state index is 0.0589. The van der Waals surface area contributed by atoms with E-state index in [4.69, 9.17) is 13.8 Å². The SMILES string of the molecule is CC/C=C\C/C=C\C/C=C\C/C=C\CCCCC(=O)NCCOP(=O)(O)OCC(O)COC(=O)CCCCCCCCCCCCCCCCCCCCCCCC. The molecule has 10 heteroatoms. The van der Waals surface area contributed by atoms with Crippen LogP contribution in [0.5, 0.6) is 0 Å². The van der Waals surface area contributed by atoms with Crippen molar-refractivity contribution in [2.24, 2.45) is 0 Å². The van der Waals surface area contributed by atoms with Crippen LogP contribution in [0.25, 0.3) is 0 Å². The lowest BCUT2D eigenvalue weighted by atomic mass is 10.0. The highest BCUT2D eigenvalue weighted by Crippen LogP contribution is 2.42. The summed E-state index contributed by atoms with van der Waals surface area (Å²) in [7, 11) is -4.43. The van der Waals surface area contributed by atoms with Crippen molar-refractivity contribution in [2.45, 2.75) is 219 Å². The summed E-state index contributed by atoms with van der Waals surface area (Å²) in [4.78, 5) is 33.9. The number of carbonyl (C=O) groups is 2. The second kappa shape index (κ2) is 44.5. The lowest BCUT2D eigenvalue weighted by Crippen LogP contribution is -2.27. The predicted molar refractivity (Wildman–Crippen MR) is 243 cm³/mol. The molecule has 9 nitrogen and oxygen atoms in total. The van der Waals surface area contributed by atoms with Gasteiger partial charge in [-0.05, 0) is 51.4 Å². The average Bonchev–Trinajstić information content (AvgIpc) is 3.21. The zero-order valence-electron chi connectivity index (χ0n) is 37.2. The molecule has 3 N–H and O–H groups in total. The second-order valence-electron chi connectivity index (χ2n) is 15.7. The summed E-state index contributed by atoms with van der Waals surface area (Å²) in [5.41, 5.74) is 0. The number of hydrogen-bond donors (Lipinski definition) is 3. The van der Waals surface area contributed by atoms with Gasteiger partial charge in [-0.25, -0.2) is 4.57 Å². The zero-order chi connectivity index (χ0) is 42.5. The van der Waals surface area contributed by atoms with Gasteiger partial charge in [0.25, 0.3) is 0 Å². The maximum atomic E-state index is 12.1. The molecule has 58 heavy (non-hydrogen) atoms. The molecule has 0 radical (unpaired) electrons. The molecule has 0 aliphatic heterocycles. The van der Waals surface area contributed by atoms with Gasteiger partial charge in [-0.3, -0.25) is 18.6 Å². The molecule has 0 rings (SSSR count). The number of carbonyl (C=O) groups excluding carboxylic acids is 2. The number of ether oxygens (including phenoxy) is 1. The zero-order valence-corrected chi connectivity index (χ0v) is 38.1. The van der Waals surface area contributed by atoms with E-state index in [0.29, 0.717) is 6.42 Å². The van der Waals surface area contributed by atoms with Crippen molar-refractivity contribution in [2.75, 3.05) is 26.4 Å². The third-order valence-electron chi connectivity index (χ3n) is 10.0. The van der Waals surface area contributed by atoms with Gasteiger partial charge < -0.3 is 20.1 Å². The number of phosphoric ester groups is 1. The van der Waals surface area contributed by atoms with Crippen LogP contribution in [0.2, 0.25) is 0 Å². The van der Waals surface area contributed by atoms with Gasteiger partial charge in [-0.1, -0.05) is 197 Å². The summed E-state index contributed by atoms with van der Waals surface area (Å²) in [6.45, 7) is 3.41. The molecule has 0 aromatic carbocycles. The first-order valence-corrected chi connectivity index (χ1v) is 25.1. The third kappa shape index (κ3) is 45.1. The van der Waals surface area contributed by atoms with Gasteiger partial charge in [0, 0.05) is 19.4 Å². The molecule has 2 unspecified atom stereocenters. The Labute approximate surface area is 355 Å². The number of allylic oxidation sites excluding steroid dienone is 8. The Bertz CT molecular complexity index is 1090. The topological polar surface area (TPSA) is 131 Å². The summed E-state index contributed by atoms with van der Waals surface area (Å²) in [5.74, 6) is -0.554. The summed E-state index contributed by atoms with van der Waals surface area (Å²) in [6, 6.07) is 0. The monoisotopic (exact) mass is 838 g/mol. The summed E-state index contributed by atoms with van der Waals surface area (Å²) in [5, 5.41) is 12.7. The van der Waals surface area contributed by atoms with E-state index in [9.17, 15) is 24.2 Å². The highest BCUT2D eigenvalue weighted by molar-refractivity contribution is 7.47. The average molecular weight is 838 g/mol. The van der Waals surface area contributed by atoms with Gasteiger partial charge in [0.05, 0.1) is 13.2 Å².